The van der Waals surface area contributed by atoms with Crippen molar-refractivity contribution in [1.82, 2.24) is 14.7 Å². The van der Waals surface area contributed by atoms with E-state index in [0.717, 1.165) is 49.9 Å². The fourth-order valence-electron chi connectivity index (χ4n) is 3.23. The predicted molar refractivity (Wildman–Crippen MR) is 107 cm³/mol. The lowest BCUT2D eigenvalue weighted by Crippen LogP contribution is -2.35. The van der Waals surface area contributed by atoms with E-state index in [0.29, 0.717) is 11.6 Å². The summed E-state index contributed by atoms with van der Waals surface area (Å²) in [7, 11) is 0. The van der Waals surface area contributed by atoms with Crippen LogP contribution in [-0.2, 0) is 22.6 Å². The first-order valence-electron chi connectivity index (χ1n) is 9.33. The Balaban J connectivity index is 1.59. The van der Waals surface area contributed by atoms with Crippen LogP contribution in [0.3, 0.4) is 0 Å². The number of carbonyl (C=O) groups excluding carboxylic acids is 1. The summed E-state index contributed by atoms with van der Waals surface area (Å²) in [6.45, 7) is 10.5. The van der Waals surface area contributed by atoms with E-state index < -0.39 is 0 Å². The van der Waals surface area contributed by atoms with E-state index in [4.69, 9.17) is 16.3 Å². The van der Waals surface area contributed by atoms with Crippen LogP contribution in [0.5, 0.6) is 0 Å². The average Bonchev–Trinajstić information content (AvgIpc) is 2.89. The number of amides is 1. The molecular weight excluding hydrogens is 364 g/mol. The number of hydrogen-bond acceptors (Lipinski definition) is 4. The summed E-state index contributed by atoms with van der Waals surface area (Å²) in [5, 5.41) is 8.10. The smallest absolute Gasteiger partial charge is 0.229 e. The first kappa shape index (κ1) is 19.9. The lowest BCUT2D eigenvalue weighted by molar-refractivity contribution is -0.119. The van der Waals surface area contributed by atoms with Gasteiger partial charge in [-0.05, 0) is 31.5 Å². The van der Waals surface area contributed by atoms with Crippen LogP contribution >= 0.6 is 11.6 Å². The van der Waals surface area contributed by atoms with Gasteiger partial charge in [-0.2, -0.15) is 5.10 Å². The van der Waals surface area contributed by atoms with Crippen LogP contribution < -0.4 is 5.32 Å². The SMILES string of the molecule is Cc1nn(CC(C)C(=O)Nc2cccc(CN3CCOCC3)c2)c(C)c1Cl. The van der Waals surface area contributed by atoms with E-state index in [-0.39, 0.29) is 11.8 Å². The van der Waals surface area contributed by atoms with Crippen LogP contribution in [0.1, 0.15) is 23.9 Å². The fraction of sp³-hybridized carbons (Fsp3) is 0.500. The summed E-state index contributed by atoms with van der Waals surface area (Å²) in [6.07, 6.45) is 0. The van der Waals surface area contributed by atoms with Crippen molar-refractivity contribution < 1.29 is 9.53 Å². The molecule has 146 valence electrons. The van der Waals surface area contributed by atoms with Crippen molar-refractivity contribution in [3.63, 3.8) is 0 Å². The summed E-state index contributed by atoms with van der Waals surface area (Å²) in [6, 6.07) is 8.04. The van der Waals surface area contributed by atoms with Gasteiger partial charge in [-0.3, -0.25) is 14.4 Å². The third kappa shape index (κ3) is 5.09. The normalized spacial score (nSPS) is 16.3. The maximum absolute atomic E-state index is 12.6. The molecule has 2 aromatic rings. The standard InChI is InChI=1S/C20H27ClN4O2/c1-14(12-25-16(3)19(21)15(2)23-25)20(26)22-18-6-4-5-17(11-18)13-24-7-9-27-10-8-24/h4-6,11,14H,7-10,12-13H2,1-3H3,(H,22,26). The van der Waals surface area contributed by atoms with Gasteiger partial charge in [0, 0.05) is 25.3 Å². The number of nitrogens with zero attached hydrogens (tertiary/aromatic N) is 3. The van der Waals surface area contributed by atoms with Crippen LogP contribution in [0.4, 0.5) is 5.69 Å². The minimum absolute atomic E-state index is 0.0257. The van der Waals surface area contributed by atoms with E-state index in [2.05, 4.69) is 21.4 Å². The second-order valence-corrected chi connectivity index (χ2v) is 7.52. The Bertz CT molecular complexity index is 799. The van der Waals surface area contributed by atoms with Gasteiger partial charge in [0.1, 0.15) is 0 Å². The number of rotatable bonds is 6. The van der Waals surface area contributed by atoms with Crippen molar-refractivity contribution in [2.24, 2.45) is 5.92 Å². The molecular formula is C20H27ClN4O2. The van der Waals surface area contributed by atoms with E-state index in [1.165, 1.54) is 5.56 Å². The number of hydrogen-bond donors (Lipinski definition) is 1. The maximum Gasteiger partial charge on any atom is 0.229 e. The molecule has 0 spiro atoms. The molecule has 0 radical (unpaired) electrons. The second kappa shape index (κ2) is 8.87. The number of ether oxygens (including phenoxy) is 1. The summed E-state index contributed by atoms with van der Waals surface area (Å²) < 4.78 is 7.19. The molecule has 1 fully saturated rings. The molecule has 27 heavy (non-hydrogen) atoms. The molecule has 1 aliphatic rings. The van der Waals surface area contributed by atoms with Crippen molar-refractivity contribution >= 4 is 23.2 Å². The maximum atomic E-state index is 12.6. The summed E-state index contributed by atoms with van der Waals surface area (Å²) in [4.78, 5) is 15.0. The molecule has 1 aliphatic heterocycles. The highest BCUT2D eigenvalue weighted by molar-refractivity contribution is 6.31. The highest BCUT2D eigenvalue weighted by Crippen LogP contribution is 2.20. The van der Waals surface area contributed by atoms with Crippen molar-refractivity contribution in [2.75, 3.05) is 31.6 Å². The van der Waals surface area contributed by atoms with E-state index in [9.17, 15) is 4.79 Å². The zero-order valence-corrected chi connectivity index (χ0v) is 16.9. The number of morpholine rings is 1. The molecule has 3 rings (SSSR count). The quantitative estimate of drug-likeness (QED) is 0.822. The second-order valence-electron chi connectivity index (χ2n) is 7.15. The molecule has 0 saturated carbocycles. The number of nitrogens with one attached hydrogen (secondary N) is 1. The minimum atomic E-state index is -0.220. The Morgan fingerprint density at radius 3 is 2.74 bits per heavy atom. The van der Waals surface area contributed by atoms with Crippen LogP contribution in [0, 0.1) is 19.8 Å². The Labute approximate surface area is 165 Å². The Morgan fingerprint density at radius 2 is 2.07 bits per heavy atom. The zero-order valence-electron chi connectivity index (χ0n) is 16.2. The summed E-state index contributed by atoms with van der Waals surface area (Å²) in [5.41, 5.74) is 3.69. The predicted octanol–water partition coefficient (Wildman–Crippen LogP) is 3.26. The average molecular weight is 391 g/mol. The first-order valence-corrected chi connectivity index (χ1v) is 9.71. The number of aryl methyl sites for hydroxylation is 1. The van der Waals surface area contributed by atoms with Crippen molar-refractivity contribution in [1.29, 1.82) is 0 Å². The van der Waals surface area contributed by atoms with Gasteiger partial charge in [0.05, 0.1) is 42.1 Å². The van der Waals surface area contributed by atoms with E-state index in [1.54, 1.807) is 4.68 Å². The number of aromatic nitrogens is 2. The molecule has 1 amide bonds. The number of anilines is 1. The van der Waals surface area contributed by atoms with Crippen LogP contribution in [0.15, 0.2) is 24.3 Å². The lowest BCUT2D eigenvalue weighted by Gasteiger charge is -2.26. The highest BCUT2D eigenvalue weighted by Gasteiger charge is 2.18. The number of halogens is 1. The third-order valence-corrected chi connectivity index (χ3v) is 5.44. The fourth-order valence-corrected chi connectivity index (χ4v) is 3.36. The van der Waals surface area contributed by atoms with Crippen molar-refractivity contribution in [3.8, 4) is 0 Å². The largest absolute Gasteiger partial charge is 0.379 e. The topological polar surface area (TPSA) is 59.4 Å². The lowest BCUT2D eigenvalue weighted by atomic mass is 10.1. The van der Waals surface area contributed by atoms with Gasteiger partial charge in [-0.1, -0.05) is 30.7 Å². The van der Waals surface area contributed by atoms with Crippen molar-refractivity contribution in [2.45, 2.75) is 33.9 Å². The zero-order chi connectivity index (χ0) is 19.4. The van der Waals surface area contributed by atoms with Gasteiger partial charge in [-0.25, -0.2) is 0 Å². The number of benzene rings is 1. The van der Waals surface area contributed by atoms with Crippen LogP contribution in [-0.4, -0.2) is 46.9 Å². The molecule has 1 aromatic heterocycles. The van der Waals surface area contributed by atoms with Crippen LogP contribution in [0.2, 0.25) is 5.02 Å². The molecule has 7 heteroatoms. The van der Waals surface area contributed by atoms with Gasteiger partial charge in [0.2, 0.25) is 5.91 Å². The molecule has 1 saturated heterocycles. The highest BCUT2D eigenvalue weighted by atomic mass is 35.5. The van der Waals surface area contributed by atoms with Gasteiger partial charge in [0.25, 0.3) is 0 Å². The molecule has 1 aromatic carbocycles. The molecule has 1 N–H and O–H groups in total. The molecule has 0 bridgehead atoms. The molecule has 1 atom stereocenters. The Hall–Kier alpha value is -1.89. The van der Waals surface area contributed by atoms with E-state index >= 15 is 0 Å². The van der Waals surface area contributed by atoms with E-state index in [1.807, 2.05) is 39.0 Å². The molecule has 6 nitrogen and oxygen atoms in total. The first-order chi connectivity index (χ1) is 12.9. The summed E-state index contributed by atoms with van der Waals surface area (Å²) >= 11 is 6.19. The Morgan fingerprint density at radius 1 is 1.33 bits per heavy atom. The van der Waals surface area contributed by atoms with Crippen molar-refractivity contribution in [3.05, 3.63) is 46.2 Å². The molecule has 1 unspecified atom stereocenters. The third-order valence-electron chi connectivity index (χ3n) is 4.89. The van der Waals surface area contributed by atoms with Gasteiger partial charge < -0.3 is 10.1 Å². The molecule has 0 aliphatic carbocycles. The van der Waals surface area contributed by atoms with Gasteiger partial charge in [-0.15, -0.1) is 0 Å². The Kier molecular flexibility index (Phi) is 6.52. The number of carbonyl (C=O) groups is 1. The van der Waals surface area contributed by atoms with Crippen LogP contribution in [0.25, 0.3) is 0 Å². The minimum Gasteiger partial charge on any atom is -0.379 e. The van der Waals surface area contributed by atoms with Gasteiger partial charge >= 0.3 is 0 Å². The molecule has 2 heterocycles. The van der Waals surface area contributed by atoms with Gasteiger partial charge in [0.15, 0.2) is 0 Å². The monoisotopic (exact) mass is 390 g/mol. The summed E-state index contributed by atoms with van der Waals surface area (Å²) in [5.74, 6) is -0.246.